The summed E-state index contributed by atoms with van der Waals surface area (Å²) in [6.45, 7) is 2.41. The van der Waals surface area contributed by atoms with E-state index in [2.05, 4.69) is 53.2 Å². The third-order valence-corrected chi connectivity index (χ3v) is 6.40. The van der Waals surface area contributed by atoms with E-state index in [-0.39, 0.29) is 0 Å². The normalized spacial score (nSPS) is 41.2. The number of halogens is 1. The van der Waals surface area contributed by atoms with Crippen molar-refractivity contribution in [1.82, 2.24) is 0 Å². The highest BCUT2D eigenvalue weighted by Crippen LogP contribution is 2.72. The zero-order valence-electron chi connectivity index (χ0n) is 10.6. The predicted molar refractivity (Wildman–Crippen MR) is 76.6 cm³/mol. The molecule has 0 N–H and O–H groups in total. The lowest BCUT2D eigenvalue weighted by atomic mass is 9.84. The average molecular weight is 293 g/mol. The summed E-state index contributed by atoms with van der Waals surface area (Å²) in [5.41, 5.74) is 1.99. The summed E-state index contributed by atoms with van der Waals surface area (Å²) in [7, 11) is 0. The molecule has 3 atom stereocenters. The highest BCUT2D eigenvalue weighted by Gasteiger charge is 2.71. The van der Waals surface area contributed by atoms with Crippen LogP contribution in [0.1, 0.15) is 51.0 Å². The van der Waals surface area contributed by atoms with Crippen LogP contribution in [0.15, 0.2) is 30.3 Å². The summed E-state index contributed by atoms with van der Waals surface area (Å²) in [6.07, 6.45) is 8.43. The van der Waals surface area contributed by atoms with E-state index < -0.39 is 0 Å². The van der Waals surface area contributed by atoms with Crippen LogP contribution in [-0.2, 0) is 5.41 Å². The minimum Gasteiger partial charge on any atom is -0.0843 e. The number of hydrogen-bond acceptors (Lipinski definition) is 0. The quantitative estimate of drug-likeness (QED) is 0.635. The average Bonchev–Trinajstić information content (AvgIpc) is 2.74. The summed E-state index contributed by atoms with van der Waals surface area (Å²) >= 11 is 4.04. The molecule has 0 radical (unpaired) electrons. The van der Waals surface area contributed by atoms with Crippen molar-refractivity contribution in [2.45, 2.75) is 55.2 Å². The summed E-state index contributed by atoms with van der Waals surface area (Å²) in [6, 6.07) is 11.2. The third kappa shape index (κ3) is 1.62. The Bertz CT molecular complexity index is 395. The van der Waals surface area contributed by atoms with Gasteiger partial charge in [0, 0.05) is 9.74 Å². The van der Waals surface area contributed by atoms with Crippen LogP contribution >= 0.6 is 15.9 Å². The Morgan fingerprint density at radius 1 is 1.06 bits per heavy atom. The second-order valence-corrected chi connectivity index (χ2v) is 7.57. The van der Waals surface area contributed by atoms with E-state index in [9.17, 15) is 0 Å². The van der Waals surface area contributed by atoms with Crippen molar-refractivity contribution in [1.29, 1.82) is 0 Å². The van der Waals surface area contributed by atoms with Gasteiger partial charge in [-0.15, -0.1) is 0 Å². The first-order valence-electron chi connectivity index (χ1n) is 6.94. The topological polar surface area (TPSA) is 0 Å². The molecule has 2 fully saturated rings. The van der Waals surface area contributed by atoms with Gasteiger partial charge in [-0.25, -0.2) is 0 Å². The van der Waals surface area contributed by atoms with Gasteiger partial charge in [-0.3, -0.25) is 0 Å². The molecule has 0 nitrogen and oxygen atoms in total. The molecule has 0 aromatic heterocycles. The molecule has 17 heavy (non-hydrogen) atoms. The fourth-order valence-electron chi connectivity index (χ4n) is 4.15. The van der Waals surface area contributed by atoms with E-state index in [1.165, 1.54) is 38.5 Å². The van der Waals surface area contributed by atoms with E-state index in [1.54, 1.807) is 5.56 Å². The molecule has 0 spiro atoms. The Balaban J connectivity index is 1.98. The molecule has 0 saturated heterocycles. The predicted octanol–water partition coefficient (Wildman–Crippen LogP) is 5.06. The fraction of sp³-hybridized carbons (Fsp3) is 0.625. The van der Waals surface area contributed by atoms with E-state index in [4.69, 9.17) is 0 Å². The highest BCUT2D eigenvalue weighted by atomic mass is 79.9. The van der Waals surface area contributed by atoms with Gasteiger partial charge in [0.25, 0.3) is 0 Å². The summed E-state index contributed by atoms with van der Waals surface area (Å²) in [4.78, 5) is 0. The first kappa shape index (κ1) is 11.8. The van der Waals surface area contributed by atoms with Gasteiger partial charge in [0.2, 0.25) is 0 Å². The Kier molecular flexibility index (Phi) is 2.85. The largest absolute Gasteiger partial charge is 0.0843 e. The maximum absolute atomic E-state index is 4.04. The van der Waals surface area contributed by atoms with Crippen molar-refractivity contribution in [3.8, 4) is 0 Å². The smallest absolute Gasteiger partial charge is 0.0366 e. The van der Waals surface area contributed by atoms with Crippen molar-refractivity contribution >= 4 is 15.9 Å². The molecule has 92 valence electrons. The lowest BCUT2D eigenvalue weighted by Crippen LogP contribution is -2.17. The molecule has 1 unspecified atom stereocenters. The zero-order valence-corrected chi connectivity index (χ0v) is 12.2. The van der Waals surface area contributed by atoms with Crippen LogP contribution in [0.3, 0.4) is 0 Å². The highest BCUT2D eigenvalue weighted by molar-refractivity contribution is 9.10. The third-order valence-electron chi connectivity index (χ3n) is 5.14. The Hall–Kier alpha value is -0.300. The van der Waals surface area contributed by atoms with Gasteiger partial charge in [0.15, 0.2) is 0 Å². The van der Waals surface area contributed by atoms with E-state index >= 15 is 0 Å². The van der Waals surface area contributed by atoms with Gasteiger partial charge in [0.1, 0.15) is 0 Å². The lowest BCUT2D eigenvalue weighted by Gasteiger charge is -2.22. The Morgan fingerprint density at radius 2 is 1.76 bits per heavy atom. The summed E-state index contributed by atoms with van der Waals surface area (Å²) in [5.74, 6) is 0.845. The van der Waals surface area contributed by atoms with Gasteiger partial charge < -0.3 is 0 Å². The number of hydrogen-bond donors (Lipinski definition) is 0. The molecule has 0 aliphatic heterocycles. The number of alkyl halides is 1. The molecule has 0 heterocycles. The van der Waals surface area contributed by atoms with E-state index in [0.29, 0.717) is 9.74 Å². The molecule has 2 saturated carbocycles. The molecule has 3 rings (SSSR count). The van der Waals surface area contributed by atoms with E-state index in [0.717, 1.165) is 5.92 Å². The lowest BCUT2D eigenvalue weighted by molar-refractivity contribution is 0.441. The zero-order chi connectivity index (χ0) is 11.9. The van der Waals surface area contributed by atoms with Gasteiger partial charge in [0.05, 0.1) is 0 Å². The Morgan fingerprint density at radius 3 is 2.53 bits per heavy atom. The van der Waals surface area contributed by atoms with Crippen LogP contribution in [0, 0.1) is 5.92 Å². The fourth-order valence-corrected chi connectivity index (χ4v) is 5.36. The second-order valence-electron chi connectivity index (χ2n) is 5.92. The first-order valence-corrected chi connectivity index (χ1v) is 7.73. The number of benzene rings is 1. The second kappa shape index (κ2) is 4.12. The van der Waals surface area contributed by atoms with Crippen molar-refractivity contribution in [3.05, 3.63) is 35.9 Å². The minimum atomic E-state index is 0.339. The molecular weight excluding hydrogens is 272 g/mol. The summed E-state index contributed by atoms with van der Waals surface area (Å²) < 4.78 is 0.339. The SMILES string of the molecule is C[C@]1(Br)C2CCCCCC[C@]21c1ccccc1. The standard InChI is InChI=1S/C16H21Br/c1-15(17)14-11-7-2-3-8-12-16(14,15)13-9-5-4-6-10-13/h4-6,9-10,14H,2-3,7-8,11-12H2,1H3/t14?,15-,16-/m0/s1. The minimum absolute atomic E-state index is 0.339. The maximum atomic E-state index is 4.04. The number of rotatable bonds is 1. The van der Waals surface area contributed by atoms with Crippen molar-refractivity contribution < 1.29 is 0 Å². The molecular formula is C16H21Br. The van der Waals surface area contributed by atoms with Crippen LogP contribution in [0.5, 0.6) is 0 Å². The molecule has 1 heteroatoms. The Labute approximate surface area is 113 Å². The van der Waals surface area contributed by atoms with Crippen LogP contribution in [-0.4, -0.2) is 4.32 Å². The van der Waals surface area contributed by atoms with Gasteiger partial charge in [-0.2, -0.15) is 0 Å². The molecule has 1 aromatic carbocycles. The molecule has 1 aromatic rings. The van der Waals surface area contributed by atoms with Gasteiger partial charge >= 0.3 is 0 Å². The van der Waals surface area contributed by atoms with Crippen molar-refractivity contribution in [2.24, 2.45) is 5.92 Å². The molecule has 2 aliphatic carbocycles. The van der Waals surface area contributed by atoms with Crippen molar-refractivity contribution in [3.63, 3.8) is 0 Å². The first-order chi connectivity index (χ1) is 8.19. The molecule has 2 aliphatic rings. The van der Waals surface area contributed by atoms with E-state index in [1.807, 2.05) is 0 Å². The maximum Gasteiger partial charge on any atom is 0.0366 e. The van der Waals surface area contributed by atoms with Crippen LogP contribution in [0.25, 0.3) is 0 Å². The van der Waals surface area contributed by atoms with Crippen LogP contribution in [0.4, 0.5) is 0 Å². The van der Waals surface area contributed by atoms with Crippen LogP contribution < -0.4 is 0 Å². The van der Waals surface area contributed by atoms with Gasteiger partial charge in [-0.1, -0.05) is 71.9 Å². The van der Waals surface area contributed by atoms with Crippen molar-refractivity contribution in [2.75, 3.05) is 0 Å². The van der Waals surface area contributed by atoms with Crippen LogP contribution in [0.2, 0.25) is 0 Å². The molecule has 0 bridgehead atoms. The monoisotopic (exact) mass is 292 g/mol. The van der Waals surface area contributed by atoms with Gasteiger partial charge in [-0.05, 0) is 31.2 Å². The molecule has 0 amide bonds. The number of fused-ring (bicyclic) bond motifs is 1. The summed E-state index contributed by atoms with van der Waals surface area (Å²) in [5, 5.41) is 0.